The molecule has 4 rings (SSSR count). The van der Waals surface area contributed by atoms with Crippen molar-refractivity contribution in [1.29, 1.82) is 0 Å². The van der Waals surface area contributed by atoms with Crippen LogP contribution in [0.5, 0.6) is 0 Å². The first-order valence-corrected chi connectivity index (χ1v) is 9.36. The molecular formula is C21H20N4O4. The number of benzene rings is 1. The maximum Gasteiger partial charge on any atom is 0.289 e. The van der Waals surface area contributed by atoms with Crippen molar-refractivity contribution in [3.63, 3.8) is 0 Å². The van der Waals surface area contributed by atoms with E-state index in [9.17, 15) is 14.4 Å². The van der Waals surface area contributed by atoms with Crippen LogP contribution in [-0.4, -0.2) is 57.6 Å². The molecule has 0 radical (unpaired) electrons. The SMILES string of the molecule is O=C(Cn1nc(-c2ccccc2)ccc1=O)N1CCN(C(=O)c2ccco2)CC1. The monoisotopic (exact) mass is 392 g/mol. The first-order valence-electron chi connectivity index (χ1n) is 9.36. The number of furan rings is 1. The number of aromatic nitrogens is 2. The van der Waals surface area contributed by atoms with Crippen LogP contribution in [-0.2, 0) is 11.3 Å². The molecule has 1 aliphatic heterocycles. The summed E-state index contributed by atoms with van der Waals surface area (Å²) in [6.45, 7) is 1.50. The lowest BCUT2D eigenvalue weighted by atomic mass is 10.1. The van der Waals surface area contributed by atoms with E-state index in [0.717, 1.165) is 5.56 Å². The van der Waals surface area contributed by atoms with Gasteiger partial charge in [-0.25, -0.2) is 4.68 Å². The molecule has 2 amide bonds. The highest BCUT2D eigenvalue weighted by molar-refractivity contribution is 5.91. The number of hydrogen-bond donors (Lipinski definition) is 0. The van der Waals surface area contributed by atoms with Crippen LogP contribution in [0.1, 0.15) is 10.6 Å². The molecule has 2 aromatic heterocycles. The molecule has 0 N–H and O–H groups in total. The van der Waals surface area contributed by atoms with Gasteiger partial charge in [-0.05, 0) is 18.2 Å². The largest absolute Gasteiger partial charge is 0.459 e. The molecule has 8 heteroatoms. The Hall–Kier alpha value is -3.68. The lowest BCUT2D eigenvalue weighted by molar-refractivity contribution is -0.133. The van der Waals surface area contributed by atoms with Gasteiger partial charge in [0.2, 0.25) is 5.91 Å². The van der Waals surface area contributed by atoms with Crippen LogP contribution < -0.4 is 5.56 Å². The van der Waals surface area contributed by atoms with E-state index in [1.807, 2.05) is 30.3 Å². The Labute approximate surface area is 167 Å². The smallest absolute Gasteiger partial charge is 0.289 e. The number of nitrogens with zero attached hydrogens (tertiary/aromatic N) is 4. The minimum absolute atomic E-state index is 0.133. The van der Waals surface area contributed by atoms with Crippen molar-refractivity contribution in [1.82, 2.24) is 19.6 Å². The van der Waals surface area contributed by atoms with Crippen LogP contribution in [0.4, 0.5) is 0 Å². The van der Waals surface area contributed by atoms with Crippen LogP contribution in [0, 0.1) is 0 Å². The fourth-order valence-corrected chi connectivity index (χ4v) is 3.27. The summed E-state index contributed by atoms with van der Waals surface area (Å²) < 4.78 is 6.33. The summed E-state index contributed by atoms with van der Waals surface area (Å²) >= 11 is 0. The Balaban J connectivity index is 1.40. The average molecular weight is 392 g/mol. The third-order valence-corrected chi connectivity index (χ3v) is 4.87. The van der Waals surface area contributed by atoms with Crippen LogP contribution >= 0.6 is 0 Å². The van der Waals surface area contributed by atoms with Crippen LogP contribution in [0.15, 0.2) is 70.1 Å². The van der Waals surface area contributed by atoms with Gasteiger partial charge in [-0.1, -0.05) is 30.3 Å². The third-order valence-electron chi connectivity index (χ3n) is 4.87. The predicted octanol–water partition coefficient (Wildman–Crippen LogP) is 1.49. The van der Waals surface area contributed by atoms with Crippen molar-refractivity contribution in [2.75, 3.05) is 26.2 Å². The van der Waals surface area contributed by atoms with Gasteiger partial charge in [-0.2, -0.15) is 5.10 Å². The van der Waals surface area contributed by atoms with Gasteiger partial charge >= 0.3 is 0 Å². The highest BCUT2D eigenvalue weighted by atomic mass is 16.3. The zero-order valence-corrected chi connectivity index (χ0v) is 15.7. The first-order chi connectivity index (χ1) is 14.1. The molecule has 3 heterocycles. The van der Waals surface area contributed by atoms with E-state index in [-0.39, 0.29) is 23.9 Å². The molecule has 0 atom stereocenters. The second kappa shape index (κ2) is 8.14. The van der Waals surface area contributed by atoms with Gasteiger partial charge in [0.25, 0.3) is 11.5 Å². The zero-order valence-electron chi connectivity index (χ0n) is 15.7. The second-order valence-corrected chi connectivity index (χ2v) is 6.73. The summed E-state index contributed by atoms with van der Waals surface area (Å²) in [7, 11) is 0. The molecule has 1 aliphatic rings. The van der Waals surface area contributed by atoms with Crippen molar-refractivity contribution in [3.8, 4) is 11.3 Å². The highest BCUT2D eigenvalue weighted by Crippen LogP contribution is 2.14. The van der Waals surface area contributed by atoms with E-state index in [4.69, 9.17) is 4.42 Å². The topological polar surface area (TPSA) is 88.7 Å². The Morgan fingerprint density at radius 1 is 0.897 bits per heavy atom. The molecule has 1 saturated heterocycles. The van der Waals surface area contributed by atoms with E-state index in [0.29, 0.717) is 37.6 Å². The maximum absolute atomic E-state index is 12.7. The second-order valence-electron chi connectivity index (χ2n) is 6.73. The predicted molar refractivity (Wildman–Crippen MR) is 105 cm³/mol. The van der Waals surface area contributed by atoms with Gasteiger partial charge in [0.05, 0.1) is 12.0 Å². The molecule has 0 aliphatic carbocycles. The van der Waals surface area contributed by atoms with Crippen molar-refractivity contribution in [2.24, 2.45) is 0 Å². The zero-order chi connectivity index (χ0) is 20.2. The molecule has 0 bridgehead atoms. The summed E-state index contributed by atoms with van der Waals surface area (Å²) in [6, 6.07) is 15.8. The molecule has 148 valence electrons. The minimum atomic E-state index is -0.329. The number of amides is 2. The van der Waals surface area contributed by atoms with Gasteiger partial charge in [-0.3, -0.25) is 14.4 Å². The molecule has 8 nitrogen and oxygen atoms in total. The Morgan fingerprint density at radius 3 is 2.31 bits per heavy atom. The first kappa shape index (κ1) is 18.7. The van der Waals surface area contributed by atoms with Crippen LogP contribution in [0.25, 0.3) is 11.3 Å². The number of carbonyl (C=O) groups excluding carboxylic acids is 2. The number of carbonyl (C=O) groups is 2. The summed E-state index contributed by atoms with van der Waals surface area (Å²) in [6.07, 6.45) is 1.46. The van der Waals surface area contributed by atoms with Crippen molar-refractivity contribution in [2.45, 2.75) is 6.54 Å². The van der Waals surface area contributed by atoms with Gasteiger partial charge in [0, 0.05) is 37.8 Å². The molecule has 0 saturated carbocycles. The van der Waals surface area contributed by atoms with E-state index >= 15 is 0 Å². The molecule has 0 unspecified atom stereocenters. The van der Waals surface area contributed by atoms with E-state index < -0.39 is 0 Å². The third kappa shape index (κ3) is 4.11. The Kier molecular flexibility index (Phi) is 5.24. The minimum Gasteiger partial charge on any atom is -0.459 e. The summed E-state index contributed by atoms with van der Waals surface area (Å²) in [4.78, 5) is 40.5. The molecule has 0 spiro atoms. The molecule has 1 aromatic carbocycles. The van der Waals surface area contributed by atoms with Crippen LogP contribution in [0.3, 0.4) is 0 Å². The fourth-order valence-electron chi connectivity index (χ4n) is 3.27. The summed E-state index contributed by atoms with van der Waals surface area (Å²) in [5.74, 6) is -0.0938. The Morgan fingerprint density at radius 2 is 1.62 bits per heavy atom. The lowest BCUT2D eigenvalue weighted by Crippen LogP contribution is -2.51. The molecular weight excluding hydrogens is 372 g/mol. The number of hydrogen-bond acceptors (Lipinski definition) is 5. The van der Waals surface area contributed by atoms with Crippen molar-refractivity contribution >= 4 is 11.8 Å². The molecule has 29 heavy (non-hydrogen) atoms. The highest BCUT2D eigenvalue weighted by Gasteiger charge is 2.26. The van der Waals surface area contributed by atoms with Crippen molar-refractivity contribution < 1.29 is 14.0 Å². The number of piperazine rings is 1. The maximum atomic E-state index is 12.7. The van der Waals surface area contributed by atoms with Gasteiger partial charge in [0.1, 0.15) is 6.54 Å². The van der Waals surface area contributed by atoms with Crippen LogP contribution in [0.2, 0.25) is 0 Å². The molecule has 1 fully saturated rings. The van der Waals surface area contributed by atoms with Crippen molar-refractivity contribution in [3.05, 3.63) is 77.0 Å². The Bertz CT molecular complexity index is 1050. The van der Waals surface area contributed by atoms with E-state index in [1.54, 1.807) is 28.0 Å². The standard InChI is InChI=1S/C21H20N4O4/c26-19-9-8-17(16-5-2-1-3-6-16)22-25(19)15-20(27)23-10-12-24(13-11-23)21(28)18-7-4-14-29-18/h1-9,14H,10-13,15H2. The van der Waals surface area contributed by atoms with Gasteiger partial charge in [-0.15, -0.1) is 0 Å². The average Bonchev–Trinajstić information content (AvgIpc) is 3.30. The van der Waals surface area contributed by atoms with E-state index in [1.165, 1.54) is 17.0 Å². The lowest BCUT2D eigenvalue weighted by Gasteiger charge is -2.34. The van der Waals surface area contributed by atoms with Gasteiger partial charge < -0.3 is 14.2 Å². The summed E-state index contributed by atoms with van der Waals surface area (Å²) in [5.41, 5.74) is 1.18. The van der Waals surface area contributed by atoms with E-state index in [2.05, 4.69) is 5.10 Å². The normalized spacial score (nSPS) is 14.1. The summed E-state index contributed by atoms with van der Waals surface area (Å²) in [5, 5.41) is 4.33. The molecule has 3 aromatic rings. The quantitative estimate of drug-likeness (QED) is 0.671. The number of rotatable bonds is 4. The fraction of sp³-hybridized carbons (Fsp3) is 0.238. The van der Waals surface area contributed by atoms with Gasteiger partial charge in [0.15, 0.2) is 5.76 Å².